The highest BCUT2D eigenvalue weighted by Gasteiger charge is 2.20. The van der Waals surface area contributed by atoms with E-state index in [1.807, 2.05) is 12.4 Å². The molecule has 1 aliphatic carbocycles. The summed E-state index contributed by atoms with van der Waals surface area (Å²) in [6, 6.07) is 8.24. The minimum Gasteiger partial charge on any atom is -0.494 e. The van der Waals surface area contributed by atoms with Gasteiger partial charge in [-0.1, -0.05) is 104 Å². The number of hydrogen-bond donors (Lipinski definition) is 0. The Balaban J connectivity index is 1.22. The molecule has 1 aromatic carbocycles. The Labute approximate surface area is 215 Å². The van der Waals surface area contributed by atoms with Crippen LogP contribution in [0.25, 0.3) is 11.4 Å². The van der Waals surface area contributed by atoms with Crippen LogP contribution in [0.2, 0.25) is 0 Å². The second-order valence-corrected chi connectivity index (χ2v) is 10.8. The molecule has 3 rings (SSSR count). The highest BCUT2D eigenvalue weighted by atomic mass is 16.5. The lowest BCUT2D eigenvalue weighted by Crippen LogP contribution is -2.15. The summed E-state index contributed by atoms with van der Waals surface area (Å²) in [5.74, 6) is 3.66. The van der Waals surface area contributed by atoms with Crippen LogP contribution < -0.4 is 4.74 Å². The van der Waals surface area contributed by atoms with E-state index >= 15 is 0 Å². The zero-order valence-corrected chi connectivity index (χ0v) is 22.6. The fourth-order valence-electron chi connectivity index (χ4n) is 5.56. The van der Waals surface area contributed by atoms with Crippen LogP contribution >= 0.6 is 0 Å². The van der Waals surface area contributed by atoms with E-state index in [4.69, 9.17) is 4.74 Å². The van der Waals surface area contributed by atoms with E-state index < -0.39 is 0 Å². The number of ether oxygens (including phenoxy) is 1. The first-order valence-electron chi connectivity index (χ1n) is 14.8. The molecule has 194 valence electrons. The van der Waals surface area contributed by atoms with Crippen molar-refractivity contribution in [2.24, 2.45) is 11.8 Å². The van der Waals surface area contributed by atoms with Crippen LogP contribution in [0.3, 0.4) is 0 Å². The molecule has 1 aromatic heterocycles. The van der Waals surface area contributed by atoms with Crippen molar-refractivity contribution in [3.63, 3.8) is 0 Å². The molecule has 3 heteroatoms. The van der Waals surface area contributed by atoms with Gasteiger partial charge in [0.05, 0.1) is 6.61 Å². The van der Waals surface area contributed by atoms with Crippen LogP contribution in [0, 0.1) is 11.8 Å². The number of aromatic nitrogens is 2. The molecule has 0 radical (unpaired) electrons. The fourth-order valence-corrected chi connectivity index (χ4v) is 5.56. The van der Waals surface area contributed by atoms with E-state index in [9.17, 15) is 0 Å². The van der Waals surface area contributed by atoms with E-state index in [-0.39, 0.29) is 0 Å². The number of benzene rings is 1. The zero-order chi connectivity index (χ0) is 24.6. The maximum Gasteiger partial charge on any atom is 0.159 e. The highest BCUT2D eigenvalue weighted by molar-refractivity contribution is 5.55. The molecule has 0 atom stereocenters. The lowest BCUT2D eigenvalue weighted by molar-refractivity contribution is 0.228. The predicted octanol–water partition coefficient (Wildman–Crippen LogP) is 9.59. The van der Waals surface area contributed by atoms with Gasteiger partial charge < -0.3 is 4.74 Å². The van der Waals surface area contributed by atoms with Crippen LogP contribution in [0.5, 0.6) is 5.75 Å². The van der Waals surface area contributed by atoms with Crippen LogP contribution in [-0.2, 0) is 6.42 Å². The van der Waals surface area contributed by atoms with Crippen molar-refractivity contribution in [1.82, 2.24) is 9.97 Å². The van der Waals surface area contributed by atoms with E-state index in [1.165, 1.54) is 95.5 Å². The van der Waals surface area contributed by atoms with Crippen molar-refractivity contribution in [1.29, 1.82) is 0 Å². The van der Waals surface area contributed by atoms with Crippen LogP contribution in [-0.4, -0.2) is 16.6 Å². The van der Waals surface area contributed by atoms with E-state index in [0.29, 0.717) is 0 Å². The Kier molecular flexibility index (Phi) is 13.2. The summed E-state index contributed by atoms with van der Waals surface area (Å²) >= 11 is 0. The summed E-state index contributed by atoms with van der Waals surface area (Å²) in [5.41, 5.74) is 2.25. The van der Waals surface area contributed by atoms with Gasteiger partial charge in [0, 0.05) is 18.0 Å². The first-order chi connectivity index (χ1) is 17.3. The number of unbranched alkanes of at least 4 members (excludes halogenated alkanes) is 7. The van der Waals surface area contributed by atoms with Crippen molar-refractivity contribution in [2.45, 2.75) is 123 Å². The average molecular weight is 479 g/mol. The molecule has 0 amide bonds. The van der Waals surface area contributed by atoms with Gasteiger partial charge in [0.15, 0.2) is 5.82 Å². The first kappa shape index (κ1) is 27.7. The maximum absolute atomic E-state index is 6.03. The van der Waals surface area contributed by atoms with Crippen molar-refractivity contribution in [3.8, 4) is 17.1 Å². The van der Waals surface area contributed by atoms with Gasteiger partial charge in [-0.2, -0.15) is 0 Å². The highest BCUT2D eigenvalue weighted by Crippen LogP contribution is 2.34. The normalized spacial score (nSPS) is 18.0. The molecule has 0 bridgehead atoms. The minimum absolute atomic E-state index is 0.786. The van der Waals surface area contributed by atoms with Crippen LogP contribution in [0.1, 0.15) is 122 Å². The minimum atomic E-state index is 0.786. The smallest absolute Gasteiger partial charge is 0.159 e. The standard InChI is InChI=1S/C32H50N2O/c1-3-5-6-7-8-9-10-11-14-27-16-18-28(19-17-27)15-12-24-35-31-22-20-30(21-23-31)32-33-25-29(13-4-2)26-34-32/h20-23,25-28H,3-19,24H2,1-2H3/t27-,28-. The SMILES string of the molecule is CCCCCCCCCC[C@H]1CC[C@H](CCCOc2ccc(-c3ncc(CCC)cn3)cc2)CC1. The third kappa shape index (κ3) is 10.7. The van der Waals surface area contributed by atoms with Crippen molar-refractivity contribution in [3.05, 3.63) is 42.2 Å². The largest absolute Gasteiger partial charge is 0.494 e. The zero-order valence-electron chi connectivity index (χ0n) is 22.6. The van der Waals surface area contributed by atoms with Gasteiger partial charge in [-0.15, -0.1) is 0 Å². The van der Waals surface area contributed by atoms with Gasteiger partial charge in [0.25, 0.3) is 0 Å². The Bertz CT molecular complexity index is 778. The van der Waals surface area contributed by atoms with Gasteiger partial charge in [-0.25, -0.2) is 9.97 Å². The molecule has 0 N–H and O–H groups in total. The number of rotatable bonds is 17. The Morgan fingerprint density at radius 1 is 0.686 bits per heavy atom. The predicted molar refractivity (Wildman–Crippen MR) is 149 cm³/mol. The Morgan fingerprint density at radius 2 is 1.26 bits per heavy atom. The number of hydrogen-bond acceptors (Lipinski definition) is 3. The molecule has 0 spiro atoms. The Hall–Kier alpha value is -1.90. The molecule has 1 fully saturated rings. The van der Waals surface area contributed by atoms with Gasteiger partial charge >= 0.3 is 0 Å². The third-order valence-corrected chi connectivity index (χ3v) is 7.81. The molecule has 3 nitrogen and oxygen atoms in total. The Morgan fingerprint density at radius 3 is 1.86 bits per heavy atom. The molecular weight excluding hydrogens is 428 g/mol. The summed E-state index contributed by atoms with van der Waals surface area (Å²) in [6.07, 6.45) is 27.3. The van der Waals surface area contributed by atoms with Gasteiger partial charge in [-0.3, -0.25) is 0 Å². The summed E-state index contributed by atoms with van der Waals surface area (Å²) in [5, 5.41) is 0. The molecule has 1 heterocycles. The monoisotopic (exact) mass is 478 g/mol. The topological polar surface area (TPSA) is 35.0 Å². The number of nitrogens with zero attached hydrogens (tertiary/aromatic N) is 2. The first-order valence-corrected chi connectivity index (χ1v) is 14.8. The van der Waals surface area contributed by atoms with Gasteiger partial charge in [0.1, 0.15) is 5.75 Å². The van der Waals surface area contributed by atoms with Gasteiger partial charge in [0.2, 0.25) is 0 Å². The summed E-state index contributed by atoms with van der Waals surface area (Å²) in [7, 11) is 0. The fraction of sp³-hybridized carbons (Fsp3) is 0.688. The maximum atomic E-state index is 6.03. The molecule has 0 saturated heterocycles. The second kappa shape index (κ2) is 16.7. The van der Waals surface area contributed by atoms with Crippen LogP contribution in [0.15, 0.2) is 36.7 Å². The summed E-state index contributed by atoms with van der Waals surface area (Å²) < 4.78 is 6.03. The van der Waals surface area contributed by atoms with Crippen LogP contribution in [0.4, 0.5) is 0 Å². The molecule has 1 aliphatic rings. The molecular formula is C32H50N2O. The molecule has 35 heavy (non-hydrogen) atoms. The summed E-state index contributed by atoms with van der Waals surface area (Å²) in [6.45, 7) is 5.29. The van der Waals surface area contributed by atoms with Crippen molar-refractivity contribution >= 4 is 0 Å². The average Bonchev–Trinajstić information content (AvgIpc) is 2.90. The van der Waals surface area contributed by atoms with Crippen molar-refractivity contribution < 1.29 is 4.74 Å². The van der Waals surface area contributed by atoms with Gasteiger partial charge in [-0.05, 0) is 60.9 Å². The summed E-state index contributed by atoms with van der Waals surface area (Å²) in [4.78, 5) is 9.03. The quantitative estimate of drug-likeness (QED) is 0.212. The lowest BCUT2D eigenvalue weighted by atomic mass is 9.78. The molecule has 0 unspecified atom stereocenters. The third-order valence-electron chi connectivity index (χ3n) is 7.81. The van der Waals surface area contributed by atoms with Crippen molar-refractivity contribution in [2.75, 3.05) is 6.61 Å². The molecule has 2 aromatic rings. The van der Waals surface area contributed by atoms with E-state index in [2.05, 4.69) is 48.1 Å². The molecule has 0 aliphatic heterocycles. The van der Waals surface area contributed by atoms with E-state index in [1.54, 1.807) is 0 Å². The molecule has 1 saturated carbocycles. The second-order valence-electron chi connectivity index (χ2n) is 10.8. The lowest BCUT2D eigenvalue weighted by Gasteiger charge is -2.28. The number of aryl methyl sites for hydroxylation is 1. The van der Waals surface area contributed by atoms with E-state index in [0.717, 1.165) is 54.8 Å².